The highest BCUT2D eigenvalue weighted by molar-refractivity contribution is 8.76. The van der Waals surface area contributed by atoms with E-state index in [1.54, 1.807) is 26.2 Å². The number of hydrogen-bond donors (Lipinski definition) is 0. The maximum Gasteiger partial charge on any atom is 0.277 e. The lowest BCUT2D eigenvalue weighted by atomic mass is 10.2. The van der Waals surface area contributed by atoms with E-state index < -0.39 is 0 Å². The van der Waals surface area contributed by atoms with Crippen molar-refractivity contribution in [1.29, 1.82) is 0 Å². The van der Waals surface area contributed by atoms with Crippen LogP contribution >= 0.6 is 21.6 Å². The molecular weight excluding hydrogens is 372 g/mol. The van der Waals surface area contributed by atoms with Gasteiger partial charge in [-0.25, -0.2) is 10.1 Å². The first-order valence-corrected chi connectivity index (χ1v) is 9.80. The van der Waals surface area contributed by atoms with E-state index in [1.807, 2.05) is 36.4 Å². The van der Waals surface area contributed by atoms with Crippen LogP contribution in [0.1, 0.15) is 20.7 Å². The van der Waals surface area contributed by atoms with Gasteiger partial charge in [0.05, 0.1) is 14.2 Å². The number of carbonyl (C=O) groups is 2. The largest absolute Gasteiger partial charge is 0.277 e. The molecule has 0 saturated carbocycles. The Kier molecular flexibility index (Phi) is 7.52. The molecule has 0 saturated heterocycles. The molecule has 0 unspecified atom stereocenters. The van der Waals surface area contributed by atoms with Crippen LogP contribution in [-0.2, 0) is 9.68 Å². The lowest BCUT2D eigenvalue weighted by Gasteiger charge is -2.14. The van der Waals surface area contributed by atoms with E-state index in [2.05, 4.69) is 0 Å². The van der Waals surface area contributed by atoms with Crippen LogP contribution in [0.3, 0.4) is 0 Å². The van der Waals surface area contributed by atoms with E-state index in [1.165, 1.54) is 45.9 Å². The van der Waals surface area contributed by atoms with Crippen LogP contribution in [0.15, 0.2) is 58.3 Å². The fraction of sp³-hybridized carbons (Fsp3) is 0.222. The van der Waals surface area contributed by atoms with E-state index >= 15 is 0 Å². The molecule has 0 bridgehead atoms. The predicted molar refractivity (Wildman–Crippen MR) is 103 cm³/mol. The van der Waals surface area contributed by atoms with E-state index in [-0.39, 0.29) is 11.8 Å². The topological polar surface area (TPSA) is 59.1 Å². The Morgan fingerprint density at radius 2 is 1.15 bits per heavy atom. The standard InChI is InChI=1S/C18H20N2O4S2/c1-19(23-3)17(21)13-7-5-9-15(11-13)25-26-16-10-6-8-14(12-16)18(22)20(2)24-4/h5-12H,1-4H3. The Balaban J connectivity index is 2.07. The SMILES string of the molecule is CON(C)C(=O)c1cccc(SSc2cccc(C(=O)N(C)OC)c2)c1. The molecule has 26 heavy (non-hydrogen) atoms. The van der Waals surface area contributed by atoms with Crippen molar-refractivity contribution in [1.82, 2.24) is 10.1 Å². The maximum atomic E-state index is 12.1. The van der Waals surface area contributed by atoms with Crippen molar-refractivity contribution in [2.24, 2.45) is 0 Å². The third-order valence-electron chi connectivity index (χ3n) is 3.52. The maximum absolute atomic E-state index is 12.1. The van der Waals surface area contributed by atoms with Crippen LogP contribution in [0.4, 0.5) is 0 Å². The van der Waals surface area contributed by atoms with Gasteiger partial charge in [0.1, 0.15) is 0 Å². The van der Waals surface area contributed by atoms with Gasteiger partial charge in [-0.05, 0) is 36.4 Å². The quantitative estimate of drug-likeness (QED) is 0.528. The molecule has 0 atom stereocenters. The fourth-order valence-electron chi connectivity index (χ4n) is 1.99. The molecule has 0 radical (unpaired) electrons. The molecular formula is C18H20N2O4S2. The van der Waals surface area contributed by atoms with Gasteiger partial charge in [-0.1, -0.05) is 33.7 Å². The molecule has 2 aromatic carbocycles. The van der Waals surface area contributed by atoms with Gasteiger partial charge < -0.3 is 0 Å². The van der Waals surface area contributed by atoms with Crippen LogP contribution in [0.2, 0.25) is 0 Å². The predicted octanol–water partition coefficient (Wildman–Crippen LogP) is 3.75. The third-order valence-corrected chi connectivity index (χ3v) is 5.90. The molecule has 2 aromatic rings. The molecule has 6 nitrogen and oxygen atoms in total. The fourth-order valence-corrected chi connectivity index (χ4v) is 4.00. The Morgan fingerprint density at radius 3 is 1.50 bits per heavy atom. The zero-order valence-electron chi connectivity index (χ0n) is 15.0. The Hall–Kier alpha value is -2.00. The van der Waals surface area contributed by atoms with Gasteiger partial charge in [0, 0.05) is 35.0 Å². The summed E-state index contributed by atoms with van der Waals surface area (Å²) in [5.41, 5.74) is 1.09. The van der Waals surface area contributed by atoms with Gasteiger partial charge >= 0.3 is 0 Å². The van der Waals surface area contributed by atoms with Gasteiger partial charge in [-0.3, -0.25) is 19.3 Å². The van der Waals surface area contributed by atoms with Gasteiger partial charge in [-0.2, -0.15) is 0 Å². The number of rotatable bonds is 7. The molecule has 0 heterocycles. The average molecular weight is 393 g/mol. The van der Waals surface area contributed by atoms with Crippen LogP contribution in [0.5, 0.6) is 0 Å². The summed E-state index contributed by atoms with van der Waals surface area (Å²) >= 11 is 0. The molecule has 138 valence electrons. The van der Waals surface area contributed by atoms with Gasteiger partial charge in [0.25, 0.3) is 11.8 Å². The number of amides is 2. The molecule has 0 fully saturated rings. The van der Waals surface area contributed by atoms with Crippen molar-refractivity contribution < 1.29 is 19.3 Å². The van der Waals surface area contributed by atoms with E-state index in [4.69, 9.17) is 9.68 Å². The van der Waals surface area contributed by atoms with E-state index in [9.17, 15) is 9.59 Å². The van der Waals surface area contributed by atoms with Crippen molar-refractivity contribution in [2.45, 2.75) is 9.79 Å². The van der Waals surface area contributed by atoms with E-state index in [0.717, 1.165) is 9.79 Å². The first-order valence-electron chi connectivity index (χ1n) is 7.65. The molecule has 0 N–H and O–H groups in total. The smallest absolute Gasteiger partial charge is 0.274 e. The molecule has 2 rings (SSSR count). The summed E-state index contributed by atoms with van der Waals surface area (Å²) < 4.78 is 0. The second-order valence-electron chi connectivity index (χ2n) is 5.19. The summed E-state index contributed by atoms with van der Waals surface area (Å²) in [4.78, 5) is 36.0. The van der Waals surface area contributed by atoms with Gasteiger partial charge in [-0.15, -0.1) is 0 Å². The Morgan fingerprint density at radius 1 is 0.769 bits per heavy atom. The Labute approximate surface area is 160 Å². The summed E-state index contributed by atoms with van der Waals surface area (Å²) in [6.45, 7) is 0. The monoisotopic (exact) mass is 392 g/mol. The minimum atomic E-state index is -0.213. The molecule has 8 heteroatoms. The number of hydroxylamine groups is 4. The Bertz CT molecular complexity index is 720. The molecule has 0 aliphatic rings. The number of hydrogen-bond acceptors (Lipinski definition) is 6. The average Bonchev–Trinajstić information content (AvgIpc) is 2.70. The van der Waals surface area contributed by atoms with Crippen molar-refractivity contribution in [3.63, 3.8) is 0 Å². The highest BCUT2D eigenvalue weighted by Gasteiger charge is 2.13. The summed E-state index contributed by atoms with van der Waals surface area (Å²) in [6, 6.07) is 14.6. The minimum absolute atomic E-state index is 0.213. The normalized spacial score (nSPS) is 10.5. The first-order chi connectivity index (χ1) is 12.5. The van der Waals surface area contributed by atoms with Crippen molar-refractivity contribution in [2.75, 3.05) is 28.3 Å². The molecule has 0 aliphatic heterocycles. The van der Waals surface area contributed by atoms with Crippen molar-refractivity contribution >= 4 is 33.4 Å². The van der Waals surface area contributed by atoms with Crippen molar-refractivity contribution in [3.05, 3.63) is 59.7 Å². The summed E-state index contributed by atoms with van der Waals surface area (Å²) in [6.07, 6.45) is 0. The molecule has 2 amide bonds. The third kappa shape index (κ3) is 5.25. The molecule has 0 aromatic heterocycles. The summed E-state index contributed by atoms with van der Waals surface area (Å²) in [5, 5.41) is 2.36. The first kappa shape index (κ1) is 20.3. The molecule has 0 aliphatic carbocycles. The summed E-state index contributed by atoms with van der Waals surface area (Å²) in [7, 11) is 9.04. The molecule has 0 spiro atoms. The lowest BCUT2D eigenvalue weighted by molar-refractivity contribution is -0.0757. The lowest BCUT2D eigenvalue weighted by Crippen LogP contribution is -2.25. The highest BCUT2D eigenvalue weighted by atomic mass is 33.1. The zero-order valence-corrected chi connectivity index (χ0v) is 16.6. The second kappa shape index (κ2) is 9.63. The van der Waals surface area contributed by atoms with Gasteiger partial charge in [0.15, 0.2) is 0 Å². The van der Waals surface area contributed by atoms with Crippen LogP contribution in [0.25, 0.3) is 0 Å². The minimum Gasteiger partial charge on any atom is -0.274 e. The number of benzene rings is 2. The van der Waals surface area contributed by atoms with Crippen LogP contribution in [0, 0.1) is 0 Å². The van der Waals surface area contributed by atoms with E-state index in [0.29, 0.717) is 11.1 Å². The number of carbonyl (C=O) groups excluding carboxylic acids is 2. The highest BCUT2D eigenvalue weighted by Crippen LogP contribution is 2.38. The van der Waals surface area contributed by atoms with Crippen LogP contribution < -0.4 is 0 Å². The second-order valence-corrected chi connectivity index (χ2v) is 7.47. The van der Waals surface area contributed by atoms with Crippen LogP contribution in [-0.4, -0.2) is 50.3 Å². The summed E-state index contributed by atoms with van der Waals surface area (Å²) in [5.74, 6) is -0.426. The zero-order chi connectivity index (χ0) is 19.1. The van der Waals surface area contributed by atoms with Crippen molar-refractivity contribution in [3.8, 4) is 0 Å². The number of nitrogens with zero attached hydrogens (tertiary/aromatic N) is 2. The van der Waals surface area contributed by atoms with Gasteiger partial charge in [0.2, 0.25) is 0 Å².